The number of urea groups is 1. The van der Waals surface area contributed by atoms with Crippen LogP contribution < -0.4 is 10.6 Å². The molecule has 1 heterocycles. The number of hydrogen-bond acceptors (Lipinski definition) is 5. The number of hydrogen-bond donors (Lipinski definition) is 2. The molecular weight excluding hydrogens is 309 g/mol. The van der Waals surface area contributed by atoms with Crippen molar-refractivity contribution in [1.82, 2.24) is 4.98 Å². The summed E-state index contributed by atoms with van der Waals surface area (Å²) in [6.45, 7) is 3.62. The normalized spacial score (nSPS) is 10.1. The standard InChI is InChI=1S/C14H14FN3O3S/c1-3-21-12(19)11-8(2)16-14(22-11)18-13(20)17-10-6-4-5-9(15)7-10/h4-7H,3H2,1-2H3,(H2,16,17,18,20). The monoisotopic (exact) mass is 323 g/mol. The zero-order valence-corrected chi connectivity index (χ0v) is 12.8. The molecule has 0 atom stereocenters. The topological polar surface area (TPSA) is 80.3 Å². The summed E-state index contributed by atoms with van der Waals surface area (Å²) in [7, 11) is 0. The van der Waals surface area contributed by atoms with Crippen LogP contribution in [0.25, 0.3) is 0 Å². The Balaban J connectivity index is 2.03. The number of carbonyl (C=O) groups is 2. The van der Waals surface area contributed by atoms with Gasteiger partial charge in [-0.3, -0.25) is 5.32 Å². The Morgan fingerprint density at radius 3 is 2.82 bits per heavy atom. The zero-order valence-electron chi connectivity index (χ0n) is 12.0. The van der Waals surface area contributed by atoms with E-state index in [1.54, 1.807) is 19.9 Å². The third-order valence-corrected chi connectivity index (χ3v) is 3.61. The smallest absolute Gasteiger partial charge is 0.350 e. The Hall–Kier alpha value is -2.48. The highest BCUT2D eigenvalue weighted by Crippen LogP contribution is 2.23. The number of carbonyl (C=O) groups excluding carboxylic acids is 2. The van der Waals surface area contributed by atoms with Crippen molar-refractivity contribution in [2.75, 3.05) is 17.2 Å². The van der Waals surface area contributed by atoms with E-state index in [4.69, 9.17) is 4.74 Å². The third kappa shape index (κ3) is 4.01. The highest BCUT2D eigenvalue weighted by atomic mass is 32.1. The Morgan fingerprint density at radius 2 is 2.14 bits per heavy atom. The number of aromatic nitrogens is 1. The molecule has 0 aliphatic heterocycles. The fraction of sp³-hybridized carbons (Fsp3) is 0.214. The lowest BCUT2D eigenvalue weighted by atomic mass is 10.3. The second-order valence-corrected chi connectivity index (χ2v) is 5.24. The fourth-order valence-corrected chi connectivity index (χ4v) is 2.52. The van der Waals surface area contributed by atoms with Gasteiger partial charge in [0.05, 0.1) is 12.3 Å². The Morgan fingerprint density at radius 1 is 1.36 bits per heavy atom. The maximum atomic E-state index is 13.0. The SMILES string of the molecule is CCOC(=O)c1sc(NC(=O)Nc2cccc(F)c2)nc1C. The van der Waals surface area contributed by atoms with Crippen molar-refractivity contribution in [3.63, 3.8) is 0 Å². The predicted octanol–water partition coefficient (Wildman–Crippen LogP) is 3.41. The van der Waals surface area contributed by atoms with Crippen molar-refractivity contribution in [3.05, 3.63) is 40.7 Å². The quantitative estimate of drug-likeness (QED) is 0.845. The first-order valence-corrected chi connectivity index (χ1v) is 7.29. The van der Waals surface area contributed by atoms with E-state index in [-0.39, 0.29) is 11.7 Å². The molecule has 0 aliphatic carbocycles. The van der Waals surface area contributed by atoms with Crippen molar-refractivity contribution in [3.8, 4) is 0 Å². The van der Waals surface area contributed by atoms with Crippen molar-refractivity contribution in [2.45, 2.75) is 13.8 Å². The maximum absolute atomic E-state index is 13.0. The van der Waals surface area contributed by atoms with Crippen LogP contribution in [0.5, 0.6) is 0 Å². The van der Waals surface area contributed by atoms with Crippen LogP contribution in [0.3, 0.4) is 0 Å². The molecule has 22 heavy (non-hydrogen) atoms. The van der Waals surface area contributed by atoms with Gasteiger partial charge in [0.15, 0.2) is 5.13 Å². The third-order valence-electron chi connectivity index (χ3n) is 2.56. The Labute approximate surface area is 130 Å². The van der Waals surface area contributed by atoms with Crippen LogP contribution in [-0.4, -0.2) is 23.6 Å². The molecule has 0 spiro atoms. The van der Waals surface area contributed by atoms with Crippen LogP contribution in [0.15, 0.2) is 24.3 Å². The Kier molecular flexibility index (Phi) is 5.05. The van der Waals surface area contributed by atoms with Gasteiger partial charge in [0.1, 0.15) is 10.7 Å². The molecule has 0 unspecified atom stereocenters. The highest BCUT2D eigenvalue weighted by molar-refractivity contribution is 7.17. The van der Waals surface area contributed by atoms with Gasteiger partial charge in [-0.05, 0) is 32.0 Å². The number of halogens is 1. The van der Waals surface area contributed by atoms with E-state index in [9.17, 15) is 14.0 Å². The van der Waals surface area contributed by atoms with E-state index >= 15 is 0 Å². The average molecular weight is 323 g/mol. The number of nitrogens with one attached hydrogen (secondary N) is 2. The van der Waals surface area contributed by atoms with E-state index in [1.165, 1.54) is 18.2 Å². The summed E-state index contributed by atoms with van der Waals surface area (Å²) in [4.78, 5) is 27.9. The molecule has 2 N–H and O–H groups in total. The van der Waals surface area contributed by atoms with Crippen molar-refractivity contribution >= 4 is 34.2 Å². The lowest BCUT2D eigenvalue weighted by molar-refractivity contribution is 0.0531. The molecule has 2 rings (SSSR count). The van der Waals surface area contributed by atoms with Gasteiger partial charge in [0, 0.05) is 5.69 Å². The molecular formula is C14H14FN3O3S. The second-order valence-electron chi connectivity index (χ2n) is 4.24. The van der Waals surface area contributed by atoms with Crippen LogP contribution in [0.4, 0.5) is 20.0 Å². The summed E-state index contributed by atoms with van der Waals surface area (Å²) in [5, 5.41) is 5.23. The number of esters is 1. The largest absolute Gasteiger partial charge is 0.462 e. The van der Waals surface area contributed by atoms with Crippen molar-refractivity contribution in [1.29, 1.82) is 0 Å². The number of amides is 2. The number of thiazole rings is 1. The van der Waals surface area contributed by atoms with Crippen LogP contribution >= 0.6 is 11.3 Å². The predicted molar refractivity (Wildman–Crippen MR) is 81.8 cm³/mol. The van der Waals surface area contributed by atoms with Crippen LogP contribution in [-0.2, 0) is 4.74 Å². The average Bonchev–Trinajstić information content (AvgIpc) is 2.79. The van der Waals surface area contributed by atoms with E-state index in [0.29, 0.717) is 16.3 Å². The van der Waals surface area contributed by atoms with Crippen LogP contribution in [0.1, 0.15) is 22.3 Å². The molecule has 0 radical (unpaired) electrons. The molecule has 0 aliphatic rings. The molecule has 2 aromatic rings. The minimum absolute atomic E-state index is 0.259. The maximum Gasteiger partial charge on any atom is 0.350 e. The molecule has 6 nitrogen and oxygen atoms in total. The minimum Gasteiger partial charge on any atom is -0.462 e. The summed E-state index contributed by atoms with van der Waals surface area (Å²) in [6, 6.07) is 4.93. The summed E-state index contributed by atoms with van der Waals surface area (Å²) in [5.74, 6) is -0.927. The van der Waals surface area contributed by atoms with Crippen molar-refractivity contribution < 1.29 is 18.7 Å². The second kappa shape index (κ2) is 6.99. The molecule has 0 saturated carbocycles. The zero-order chi connectivity index (χ0) is 16.1. The van der Waals surface area contributed by atoms with Gasteiger partial charge in [0.25, 0.3) is 0 Å². The van der Waals surface area contributed by atoms with E-state index in [1.807, 2.05) is 0 Å². The van der Waals surface area contributed by atoms with Gasteiger partial charge in [-0.2, -0.15) is 0 Å². The first-order valence-electron chi connectivity index (χ1n) is 6.47. The van der Waals surface area contributed by atoms with E-state index in [0.717, 1.165) is 11.3 Å². The molecule has 116 valence electrons. The van der Waals surface area contributed by atoms with Gasteiger partial charge in [-0.15, -0.1) is 0 Å². The van der Waals surface area contributed by atoms with E-state index in [2.05, 4.69) is 15.6 Å². The first-order chi connectivity index (χ1) is 10.5. The number of aryl methyl sites for hydroxylation is 1. The molecule has 1 aromatic carbocycles. The number of nitrogens with zero attached hydrogens (tertiary/aromatic N) is 1. The molecule has 1 aromatic heterocycles. The molecule has 0 bridgehead atoms. The number of anilines is 2. The molecule has 0 saturated heterocycles. The van der Waals surface area contributed by atoms with Gasteiger partial charge >= 0.3 is 12.0 Å². The van der Waals surface area contributed by atoms with E-state index < -0.39 is 17.8 Å². The highest BCUT2D eigenvalue weighted by Gasteiger charge is 2.17. The van der Waals surface area contributed by atoms with Gasteiger partial charge in [-0.1, -0.05) is 17.4 Å². The van der Waals surface area contributed by atoms with Gasteiger partial charge in [0.2, 0.25) is 0 Å². The number of rotatable bonds is 4. The first kappa shape index (κ1) is 15.9. The number of ether oxygens (including phenoxy) is 1. The molecule has 2 amide bonds. The molecule has 0 fully saturated rings. The summed E-state index contributed by atoms with van der Waals surface area (Å²) in [5.41, 5.74) is 0.792. The Bertz CT molecular complexity index is 702. The summed E-state index contributed by atoms with van der Waals surface area (Å²) >= 11 is 1.02. The summed E-state index contributed by atoms with van der Waals surface area (Å²) < 4.78 is 17.9. The van der Waals surface area contributed by atoms with Crippen molar-refractivity contribution in [2.24, 2.45) is 0 Å². The summed E-state index contributed by atoms with van der Waals surface area (Å²) in [6.07, 6.45) is 0. The fourth-order valence-electron chi connectivity index (χ4n) is 1.66. The number of benzene rings is 1. The van der Waals surface area contributed by atoms with Crippen LogP contribution in [0, 0.1) is 12.7 Å². The van der Waals surface area contributed by atoms with Gasteiger partial charge in [-0.25, -0.2) is 19.0 Å². The lowest BCUT2D eigenvalue weighted by Gasteiger charge is -2.04. The minimum atomic E-state index is -0.574. The van der Waals surface area contributed by atoms with Gasteiger partial charge < -0.3 is 10.1 Å². The molecule has 8 heteroatoms. The van der Waals surface area contributed by atoms with Crippen LogP contribution in [0.2, 0.25) is 0 Å². The lowest BCUT2D eigenvalue weighted by Crippen LogP contribution is -2.19.